The normalized spacial score (nSPS) is 14.3. The lowest BCUT2D eigenvalue weighted by Crippen LogP contribution is -2.55. The summed E-state index contributed by atoms with van der Waals surface area (Å²) in [6.07, 6.45) is 5.38. The van der Waals surface area contributed by atoms with Gasteiger partial charge in [-0.15, -0.1) is 0 Å². The first-order valence-corrected chi connectivity index (χ1v) is 17.9. The van der Waals surface area contributed by atoms with E-state index in [0.29, 0.717) is 12.1 Å². The Hall–Kier alpha value is -4.43. The third-order valence-corrected chi connectivity index (χ3v) is 10.8. The van der Waals surface area contributed by atoms with Gasteiger partial charge in [-0.05, 0) is 74.1 Å². The molecule has 0 saturated heterocycles. The molecule has 0 heterocycles. The predicted octanol–water partition coefficient (Wildman–Crippen LogP) is 6.90. The Balaban J connectivity index is 1.58. The van der Waals surface area contributed by atoms with Gasteiger partial charge in [0.15, 0.2) is 0 Å². The van der Waals surface area contributed by atoms with Gasteiger partial charge in [-0.2, -0.15) is 0 Å². The van der Waals surface area contributed by atoms with Crippen LogP contribution in [0.15, 0.2) is 108 Å². The molecule has 8 heteroatoms. The zero-order valence-corrected chi connectivity index (χ0v) is 28.4. The van der Waals surface area contributed by atoms with Crippen LogP contribution in [0.3, 0.4) is 0 Å². The third kappa shape index (κ3) is 8.49. The minimum Gasteiger partial charge on any atom is -0.352 e. The summed E-state index contributed by atoms with van der Waals surface area (Å²) >= 11 is 0. The Morgan fingerprint density at radius 3 is 2.09 bits per heavy atom. The Labute approximate surface area is 279 Å². The monoisotopic (exact) mass is 651 g/mol. The molecule has 1 aliphatic rings. The van der Waals surface area contributed by atoms with Gasteiger partial charge in [0, 0.05) is 19.0 Å². The van der Waals surface area contributed by atoms with Crippen molar-refractivity contribution in [3.05, 3.63) is 131 Å². The molecule has 246 valence electrons. The maximum absolute atomic E-state index is 14.8. The van der Waals surface area contributed by atoms with E-state index in [-0.39, 0.29) is 23.4 Å². The quantitative estimate of drug-likeness (QED) is 0.181. The molecule has 2 amide bonds. The summed E-state index contributed by atoms with van der Waals surface area (Å²) in [6.45, 7) is 5.47. The summed E-state index contributed by atoms with van der Waals surface area (Å²) in [4.78, 5) is 30.7. The number of carbonyl (C=O) groups excluding carboxylic acids is 2. The first-order valence-electron chi connectivity index (χ1n) is 16.5. The molecular weight excluding hydrogens is 607 g/mol. The van der Waals surface area contributed by atoms with Gasteiger partial charge in [0.2, 0.25) is 11.8 Å². The highest BCUT2D eigenvalue weighted by atomic mass is 32.2. The zero-order chi connectivity index (χ0) is 33.4. The van der Waals surface area contributed by atoms with Crippen molar-refractivity contribution >= 4 is 27.5 Å². The molecule has 4 aromatic rings. The lowest BCUT2D eigenvalue weighted by molar-refractivity contribution is -0.140. The maximum atomic E-state index is 14.8. The summed E-state index contributed by atoms with van der Waals surface area (Å²) < 4.78 is 29.7. The van der Waals surface area contributed by atoms with Crippen molar-refractivity contribution in [1.82, 2.24) is 10.2 Å². The van der Waals surface area contributed by atoms with E-state index in [4.69, 9.17) is 0 Å². The van der Waals surface area contributed by atoms with E-state index < -0.39 is 28.5 Å². The van der Waals surface area contributed by atoms with Gasteiger partial charge in [-0.25, -0.2) is 8.42 Å². The fourth-order valence-corrected chi connectivity index (χ4v) is 7.89. The van der Waals surface area contributed by atoms with Crippen LogP contribution in [0.4, 0.5) is 5.69 Å². The van der Waals surface area contributed by atoms with E-state index in [1.165, 1.54) is 16.4 Å². The third-order valence-electron chi connectivity index (χ3n) is 9.06. The average molecular weight is 652 g/mol. The number of amides is 2. The summed E-state index contributed by atoms with van der Waals surface area (Å²) in [7, 11) is -4.14. The van der Waals surface area contributed by atoms with Crippen molar-refractivity contribution in [3.63, 3.8) is 0 Å². The summed E-state index contributed by atoms with van der Waals surface area (Å²) in [6, 6.07) is 30.4. The first-order chi connectivity index (χ1) is 22.6. The second-order valence-electron chi connectivity index (χ2n) is 12.6. The highest BCUT2D eigenvalue weighted by molar-refractivity contribution is 7.92. The van der Waals surface area contributed by atoms with Gasteiger partial charge >= 0.3 is 0 Å². The number of nitrogens with one attached hydrogen (secondary N) is 1. The van der Waals surface area contributed by atoms with Crippen LogP contribution in [-0.2, 0) is 32.6 Å². The first kappa shape index (κ1) is 33.9. The molecule has 1 fully saturated rings. The lowest BCUT2D eigenvalue weighted by Gasteiger charge is -2.35. The highest BCUT2D eigenvalue weighted by Gasteiger charge is 2.36. The number of carbonyl (C=O) groups is 2. The minimum atomic E-state index is -4.14. The number of rotatable bonds is 12. The van der Waals surface area contributed by atoms with E-state index in [2.05, 4.69) is 5.32 Å². The van der Waals surface area contributed by atoms with Crippen molar-refractivity contribution in [3.8, 4) is 0 Å². The molecule has 47 heavy (non-hydrogen) atoms. The second-order valence-corrected chi connectivity index (χ2v) is 14.5. The number of aryl methyl sites for hydroxylation is 3. The van der Waals surface area contributed by atoms with E-state index in [1.807, 2.05) is 87.5 Å². The van der Waals surface area contributed by atoms with Crippen molar-refractivity contribution in [1.29, 1.82) is 0 Å². The second kappa shape index (κ2) is 15.4. The van der Waals surface area contributed by atoms with Crippen molar-refractivity contribution in [2.45, 2.75) is 82.8 Å². The van der Waals surface area contributed by atoms with E-state index in [0.717, 1.165) is 59.9 Å². The lowest BCUT2D eigenvalue weighted by atomic mass is 9.94. The molecule has 0 unspecified atom stereocenters. The molecule has 0 aromatic heterocycles. The molecule has 0 aliphatic heterocycles. The fourth-order valence-electron chi connectivity index (χ4n) is 6.39. The molecule has 0 radical (unpaired) electrons. The topological polar surface area (TPSA) is 86.8 Å². The molecule has 4 aromatic carbocycles. The molecule has 1 N–H and O–H groups in total. The van der Waals surface area contributed by atoms with Gasteiger partial charge in [-0.3, -0.25) is 13.9 Å². The molecular formula is C39H45N3O4S. The SMILES string of the molecule is Cc1ccc(N(CC(=O)N(Cc2ccccc2C)[C@@H](Cc2ccccc2)C(=O)NC2CCCCC2)S(=O)(=O)c2ccccc2)c(C)c1. The summed E-state index contributed by atoms with van der Waals surface area (Å²) in [5.41, 5.74) is 4.95. The Morgan fingerprint density at radius 2 is 1.43 bits per heavy atom. The van der Waals surface area contributed by atoms with Gasteiger partial charge in [0.25, 0.3) is 10.0 Å². The summed E-state index contributed by atoms with van der Waals surface area (Å²) in [5.74, 6) is -0.667. The predicted molar refractivity (Wildman–Crippen MR) is 188 cm³/mol. The van der Waals surface area contributed by atoms with Crippen LogP contribution in [0.5, 0.6) is 0 Å². The van der Waals surface area contributed by atoms with Crippen molar-refractivity contribution in [2.24, 2.45) is 0 Å². The van der Waals surface area contributed by atoms with Gasteiger partial charge < -0.3 is 10.2 Å². The molecule has 5 rings (SSSR count). The molecule has 1 aliphatic carbocycles. The Kier molecular flexibility index (Phi) is 11.1. The number of sulfonamides is 1. The Morgan fingerprint density at radius 1 is 0.787 bits per heavy atom. The average Bonchev–Trinajstić information content (AvgIpc) is 3.07. The number of hydrogen-bond acceptors (Lipinski definition) is 4. The molecule has 0 bridgehead atoms. The van der Waals surface area contributed by atoms with Crippen molar-refractivity contribution < 1.29 is 18.0 Å². The molecule has 7 nitrogen and oxygen atoms in total. The zero-order valence-electron chi connectivity index (χ0n) is 27.6. The van der Waals surface area contributed by atoms with E-state index in [9.17, 15) is 18.0 Å². The van der Waals surface area contributed by atoms with Crippen LogP contribution in [0.2, 0.25) is 0 Å². The number of nitrogens with zero attached hydrogens (tertiary/aromatic N) is 2. The van der Waals surface area contributed by atoms with Crippen LogP contribution >= 0.6 is 0 Å². The van der Waals surface area contributed by atoms with Gasteiger partial charge in [-0.1, -0.05) is 110 Å². The number of benzene rings is 4. The van der Waals surface area contributed by atoms with Crippen LogP contribution in [-0.4, -0.2) is 43.8 Å². The van der Waals surface area contributed by atoms with Gasteiger partial charge in [0.05, 0.1) is 10.6 Å². The Bertz CT molecular complexity index is 1770. The highest BCUT2D eigenvalue weighted by Crippen LogP contribution is 2.29. The van der Waals surface area contributed by atoms with E-state index >= 15 is 0 Å². The summed E-state index contributed by atoms with van der Waals surface area (Å²) in [5, 5.41) is 3.27. The van der Waals surface area contributed by atoms with Crippen LogP contribution < -0.4 is 9.62 Å². The standard InChI is InChI=1S/C39H45N3O4S/c1-29-23-24-36(31(3)25-29)42(47(45,46)35-21-11-6-12-22-35)28-38(43)41(27-33-18-14-13-15-30(33)2)37(26-32-16-7-4-8-17-32)39(44)40-34-19-9-5-10-20-34/h4,6-8,11-18,21-25,34,37H,5,9-10,19-20,26-28H2,1-3H3,(H,40,44)/t37-/m0/s1. The van der Waals surface area contributed by atoms with Gasteiger partial charge in [0.1, 0.15) is 12.6 Å². The molecule has 1 saturated carbocycles. The van der Waals surface area contributed by atoms with Crippen LogP contribution in [0, 0.1) is 20.8 Å². The fraction of sp³-hybridized carbons (Fsp3) is 0.333. The number of hydrogen-bond donors (Lipinski definition) is 1. The minimum absolute atomic E-state index is 0.0510. The smallest absolute Gasteiger partial charge is 0.264 e. The number of anilines is 1. The largest absolute Gasteiger partial charge is 0.352 e. The molecule has 1 atom stereocenters. The van der Waals surface area contributed by atoms with Crippen molar-refractivity contribution in [2.75, 3.05) is 10.8 Å². The van der Waals surface area contributed by atoms with Crippen LogP contribution in [0.25, 0.3) is 0 Å². The van der Waals surface area contributed by atoms with Crippen LogP contribution in [0.1, 0.15) is 59.9 Å². The molecule has 0 spiro atoms. The maximum Gasteiger partial charge on any atom is 0.264 e. The van der Waals surface area contributed by atoms with E-state index in [1.54, 1.807) is 29.2 Å².